The van der Waals surface area contributed by atoms with Crippen molar-refractivity contribution in [2.75, 3.05) is 11.9 Å². The standard InChI is InChI=1S/C14H23N3O3/c1-3-14(18)11(15)5-4-8-16-12-9-10(2)6-7-13(12)17(19)20/h6-7,9,11,14,16,18H,3-5,8,15H2,1-2H3. The second kappa shape index (κ2) is 7.81. The van der Waals surface area contributed by atoms with E-state index < -0.39 is 11.0 Å². The first kappa shape index (κ1) is 16.4. The summed E-state index contributed by atoms with van der Waals surface area (Å²) < 4.78 is 0. The molecule has 0 radical (unpaired) electrons. The molecule has 20 heavy (non-hydrogen) atoms. The van der Waals surface area contributed by atoms with Crippen LogP contribution in [0.5, 0.6) is 0 Å². The largest absolute Gasteiger partial charge is 0.392 e. The lowest BCUT2D eigenvalue weighted by molar-refractivity contribution is -0.384. The van der Waals surface area contributed by atoms with Gasteiger partial charge in [0.25, 0.3) is 5.69 Å². The summed E-state index contributed by atoms with van der Waals surface area (Å²) in [5.74, 6) is 0. The molecule has 1 aromatic rings. The smallest absolute Gasteiger partial charge is 0.292 e. The van der Waals surface area contributed by atoms with Crippen molar-refractivity contribution in [2.24, 2.45) is 5.73 Å². The number of anilines is 1. The summed E-state index contributed by atoms with van der Waals surface area (Å²) in [5, 5.41) is 23.5. The molecule has 6 heteroatoms. The summed E-state index contributed by atoms with van der Waals surface area (Å²) >= 11 is 0. The second-order valence-electron chi connectivity index (χ2n) is 4.99. The summed E-state index contributed by atoms with van der Waals surface area (Å²) in [5.41, 5.74) is 7.40. The van der Waals surface area contributed by atoms with Crippen LogP contribution in [0, 0.1) is 17.0 Å². The monoisotopic (exact) mass is 281 g/mol. The normalized spacial score (nSPS) is 13.8. The van der Waals surface area contributed by atoms with Crippen LogP contribution in [0.1, 0.15) is 31.7 Å². The summed E-state index contributed by atoms with van der Waals surface area (Å²) in [4.78, 5) is 10.5. The highest BCUT2D eigenvalue weighted by Crippen LogP contribution is 2.25. The molecule has 0 aliphatic carbocycles. The number of nitro benzene ring substituents is 1. The Morgan fingerprint density at radius 1 is 1.50 bits per heavy atom. The summed E-state index contributed by atoms with van der Waals surface area (Å²) in [6.07, 6.45) is 1.59. The van der Waals surface area contributed by atoms with E-state index in [9.17, 15) is 15.2 Å². The van der Waals surface area contributed by atoms with Crippen molar-refractivity contribution in [2.45, 2.75) is 45.3 Å². The highest BCUT2D eigenvalue weighted by Gasteiger charge is 2.14. The van der Waals surface area contributed by atoms with E-state index in [0.29, 0.717) is 25.1 Å². The minimum Gasteiger partial charge on any atom is -0.392 e. The maximum Gasteiger partial charge on any atom is 0.292 e. The van der Waals surface area contributed by atoms with Crippen LogP contribution in [-0.4, -0.2) is 28.7 Å². The van der Waals surface area contributed by atoms with Gasteiger partial charge in [0.05, 0.1) is 11.0 Å². The van der Waals surface area contributed by atoms with Gasteiger partial charge in [0.15, 0.2) is 0 Å². The molecule has 2 atom stereocenters. The zero-order valence-electron chi connectivity index (χ0n) is 12.0. The SMILES string of the molecule is CCC(O)C(N)CCCNc1cc(C)ccc1[N+](=O)[O-]. The first-order valence-electron chi connectivity index (χ1n) is 6.88. The Morgan fingerprint density at radius 2 is 2.20 bits per heavy atom. The lowest BCUT2D eigenvalue weighted by Crippen LogP contribution is -2.34. The summed E-state index contributed by atoms with van der Waals surface area (Å²) in [6.45, 7) is 4.37. The number of nitro groups is 1. The van der Waals surface area contributed by atoms with E-state index in [-0.39, 0.29) is 11.7 Å². The van der Waals surface area contributed by atoms with E-state index >= 15 is 0 Å². The predicted molar refractivity (Wildman–Crippen MR) is 79.8 cm³/mol. The number of rotatable bonds is 8. The quantitative estimate of drug-likeness (QED) is 0.385. The molecule has 6 nitrogen and oxygen atoms in total. The van der Waals surface area contributed by atoms with Gasteiger partial charge in [0.2, 0.25) is 0 Å². The molecule has 112 valence electrons. The summed E-state index contributed by atoms with van der Waals surface area (Å²) in [7, 11) is 0. The molecule has 0 amide bonds. The van der Waals surface area contributed by atoms with Crippen molar-refractivity contribution < 1.29 is 10.0 Å². The van der Waals surface area contributed by atoms with Gasteiger partial charge in [-0.05, 0) is 37.8 Å². The van der Waals surface area contributed by atoms with Crippen LogP contribution in [0.25, 0.3) is 0 Å². The third-order valence-corrected chi connectivity index (χ3v) is 3.29. The number of aliphatic hydroxyl groups excluding tert-OH is 1. The number of aryl methyl sites for hydroxylation is 1. The molecular weight excluding hydrogens is 258 g/mol. The Hall–Kier alpha value is -1.66. The molecule has 0 aliphatic rings. The van der Waals surface area contributed by atoms with Crippen LogP contribution in [0.15, 0.2) is 18.2 Å². The Morgan fingerprint density at radius 3 is 2.80 bits per heavy atom. The lowest BCUT2D eigenvalue weighted by Gasteiger charge is -2.17. The number of aliphatic hydroxyl groups is 1. The minimum absolute atomic E-state index is 0.0773. The molecule has 1 rings (SSSR count). The molecular formula is C14H23N3O3. The topological polar surface area (TPSA) is 101 Å². The van der Waals surface area contributed by atoms with Crippen LogP contribution in [-0.2, 0) is 0 Å². The molecule has 0 saturated heterocycles. The fourth-order valence-corrected chi connectivity index (χ4v) is 2.01. The van der Waals surface area contributed by atoms with Crippen molar-refractivity contribution in [1.82, 2.24) is 0 Å². The number of nitrogens with zero attached hydrogens (tertiary/aromatic N) is 1. The molecule has 0 spiro atoms. The van der Waals surface area contributed by atoms with Crippen LogP contribution < -0.4 is 11.1 Å². The molecule has 0 aliphatic heterocycles. The van der Waals surface area contributed by atoms with Crippen molar-refractivity contribution in [3.8, 4) is 0 Å². The van der Waals surface area contributed by atoms with Crippen LogP contribution >= 0.6 is 0 Å². The van der Waals surface area contributed by atoms with Crippen molar-refractivity contribution in [3.05, 3.63) is 33.9 Å². The number of nitrogens with two attached hydrogens (primary N) is 1. The Balaban J connectivity index is 2.50. The van der Waals surface area contributed by atoms with E-state index in [1.165, 1.54) is 6.07 Å². The highest BCUT2D eigenvalue weighted by molar-refractivity contribution is 5.62. The first-order chi connectivity index (χ1) is 9.45. The number of benzene rings is 1. The molecule has 0 fully saturated rings. The Labute approximate surface area is 119 Å². The average molecular weight is 281 g/mol. The second-order valence-corrected chi connectivity index (χ2v) is 4.99. The molecule has 0 saturated carbocycles. The molecule has 4 N–H and O–H groups in total. The maximum atomic E-state index is 10.9. The van der Waals surface area contributed by atoms with Gasteiger partial charge in [-0.25, -0.2) is 0 Å². The van der Waals surface area contributed by atoms with Crippen molar-refractivity contribution >= 4 is 11.4 Å². The molecule has 2 unspecified atom stereocenters. The van der Waals surface area contributed by atoms with Gasteiger partial charge in [0, 0.05) is 18.7 Å². The van der Waals surface area contributed by atoms with Gasteiger partial charge in [-0.1, -0.05) is 13.0 Å². The fraction of sp³-hybridized carbons (Fsp3) is 0.571. The van der Waals surface area contributed by atoms with Gasteiger partial charge in [0.1, 0.15) is 5.69 Å². The Bertz CT molecular complexity index is 451. The number of nitrogens with one attached hydrogen (secondary N) is 1. The number of hydrogen-bond donors (Lipinski definition) is 3. The van der Waals surface area contributed by atoms with Gasteiger partial charge >= 0.3 is 0 Å². The predicted octanol–water partition coefficient (Wildman–Crippen LogP) is 2.19. The van der Waals surface area contributed by atoms with E-state index in [1.807, 2.05) is 13.8 Å². The van der Waals surface area contributed by atoms with E-state index in [1.54, 1.807) is 12.1 Å². The zero-order chi connectivity index (χ0) is 15.1. The van der Waals surface area contributed by atoms with Crippen LogP contribution in [0.2, 0.25) is 0 Å². The maximum absolute atomic E-state index is 10.9. The Kier molecular flexibility index (Phi) is 6.41. The van der Waals surface area contributed by atoms with E-state index in [2.05, 4.69) is 5.32 Å². The van der Waals surface area contributed by atoms with Gasteiger partial charge in [-0.15, -0.1) is 0 Å². The zero-order valence-corrected chi connectivity index (χ0v) is 12.0. The van der Waals surface area contributed by atoms with Crippen LogP contribution in [0.3, 0.4) is 0 Å². The van der Waals surface area contributed by atoms with E-state index in [0.717, 1.165) is 12.0 Å². The molecule has 0 aromatic heterocycles. The van der Waals surface area contributed by atoms with Crippen molar-refractivity contribution in [3.63, 3.8) is 0 Å². The van der Waals surface area contributed by atoms with Gasteiger partial charge in [-0.2, -0.15) is 0 Å². The molecule has 0 heterocycles. The van der Waals surface area contributed by atoms with Crippen LogP contribution in [0.4, 0.5) is 11.4 Å². The summed E-state index contributed by atoms with van der Waals surface area (Å²) in [6, 6.07) is 4.74. The number of hydrogen-bond acceptors (Lipinski definition) is 5. The average Bonchev–Trinajstić information content (AvgIpc) is 2.42. The third kappa shape index (κ3) is 4.79. The van der Waals surface area contributed by atoms with Gasteiger partial charge < -0.3 is 16.2 Å². The van der Waals surface area contributed by atoms with E-state index in [4.69, 9.17) is 5.73 Å². The third-order valence-electron chi connectivity index (χ3n) is 3.29. The fourth-order valence-electron chi connectivity index (χ4n) is 2.01. The minimum atomic E-state index is -0.483. The van der Waals surface area contributed by atoms with Crippen molar-refractivity contribution in [1.29, 1.82) is 0 Å². The highest BCUT2D eigenvalue weighted by atomic mass is 16.6. The molecule has 1 aromatic carbocycles. The van der Waals surface area contributed by atoms with Gasteiger partial charge in [-0.3, -0.25) is 10.1 Å². The lowest BCUT2D eigenvalue weighted by atomic mass is 10.0. The first-order valence-corrected chi connectivity index (χ1v) is 6.88. The molecule has 0 bridgehead atoms.